The summed E-state index contributed by atoms with van der Waals surface area (Å²) >= 11 is 0. The van der Waals surface area contributed by atoms with Crippen LogP contribution in [0.3, 0.4) is 0 Å². The van der Waals surface area contributed by atoms with Crippen LogP contribution in [-0.2, 0) is 14.3 Å². The van der Waals surface area contributed by atoms with Gasteiger partial charge in [-0.05, 0) is 12.8 Å². The van der Waals surface area contributed by atoms with Crippen LogP contribution >= 0.6 is 0 Å². The van der Waals surface area contributed by atoms with Crippen molar-refractivity contribution < 1.29 is 14.3 Å². The van der Waals surface area contributed by atoms with E-state index in [1.54, 1.807) is 6.07 Å². The minimum Gasteiger partial charge on any atom is -0.459 e. The van der Waals surface area contributed by atoms with E-state index < -0.39 is 5.97 Å². The first-order valence-corrected chi connectivity index (χ1v) is 5.53. The van der Waals surface area contributed by atoms with Crippen molar-refractivity contribution >= 4 is 5.97 Å². The van der Waals surface area contributed by atoms with Gasteiger partial charge in [0.15, 0.2) is 0 Å². The van der Waals surface area contributed by atoms with Gasteiger partial charge < -0.3 is 9.47 Å². The SMILES string of the molecule is C=C(C#N)C(=O)OCC(CC)OCCCC. The van der Waals surface area contributed by atoms with E-state index in [0.717, 1.165) is 19.3 Å². The van der Waals surface area contributed by atoms with E-state index in [4.69, 9.17) is 14.7 Å². The fourth-order valence-electron chi connectivity index (χ4n) is 0.980. The van der Waals surface area contributed by atoms with Crippen molar-refractivity contribution in [1.82, 2.24) is 0 Å². The van der Waals surface area contributed by atoms with Gasteiger partial charge in [0.25, 0.3) is 0 Å². The summed E-state index contributed by atoms with van der Waals surface area (Å²) in [7, 11) is 0. The summed E-state index contributed by atoms with van der Waals surface area (Å²) < 4.78 is 10.4. The zero-order valence-electron chi connectivity index (χ0n) is 9.99. The molecular formula is C12H19NO3. The Labute approximate surface area is 96.8 Å². The Hall–Kier alpha value is -1.34. The summed E-state index contributed by atoms with van der Waals surface area (Å²) in [5, 5.41) is 8.42. The quantitative estimate of drug-likeness (QED) is 0.275. The molecule has 0 saturated heterocycles. The van der Waals surface area contributed by atoms with E-state index >= 15 is 0 Å². The maximum atomic E-state index is 11.1. The summed E-state index contributed by atoms with van der Waals surface area (Å²) in [5.41, 5.74) is -0.177. The van der Waals surface area contributed by atoms with Gasteiger partial charge in [-0.1, -0.05) is 26.8 Å². The number of esters is 1. The fourth-order valence-corrected chi connectivity index (χ4v) is 0.980. The summed E-state index contributed by atoms with van der Waals surface area (Å²) in [5.74, 6) is -0.667. The Morgan fingerprint density at radius 1 is 1.50 bits per heavy atom. The highest BCUT2D eigenvalue weighted by Crippen LogP contribution is 2.03. The lowest BCUT2D eigenvalue weighted by Crippen LogP contribution is -2.22. The maximum Gasteiger partial charge on any atom is 0.348 e. The van der Waals surface area contributed by atoms with Crippen LogP contribution in [0.1, 0.15) is 33.1 Å². The summed E-state index contributed by atoms with van der Waals surface area (Å²) in [6, 6.07) is 1.65. The molecule has 0 rings (SSSR count). The third-order valence-corrected chi connectivity index (χ3v) is 2.09. The van der Waals surface area contributed by atoms with Gasteiger partial charge in [-0.25, -0.2) is 4.79 Å². The van der Waals surface area contributed by atoms with Gasteiger partial charge in [0.1, 0.15) is 18.2 Å². The highest BCUT2D eigenvalue weighted by molar-refractivity contribution is 5.91. The molecule has 0 aliphatic heterocycles. The average Bonchev–Trinajstić information content (AvgIpc) is 2.32. The highest BCUT2D eigenvalue weighted by Gasteiger charge is 2.12. The minimum absolute atomic E-state index is 0.0954. The molecule has 0 aromatic carbocycles. The van der Waals surface area contributed by atoms with Gasteiger partial charge in [-0.2, -0.15) is 5.26 Å². The predicted molar refractivity (Wildman–Crippen MR) is 60.7 cm³/mol. The van der Waals surface area contributed by atoms with Crippen molar-refractivity contribution in [3.8, 4) is 6.07 Å². The number of hydrogen-bond donors (Lipinski definition) is 0. The van der Waals surface area contributed by atoms with Crippen molar-refractivity contribution in [3.05, 3.63) is 12.2 Å². The molecule has 0 fully saturated rings. The van der Waals surface area contributed by atoms with Crippen molar-refractivity contribution in [2.24, 2.45) is 0 Å². The van der Waals surface area contributed by atoms with E-state index in [0.29, 0.717) is 6.61 Å². The molecule has 0 N–H and O–H groups in total. The van der Waals surface area contributed by atoms with Crippen LogP contribution in [0.4, 0.5) is 0 Å². The largest absolute Gasteiger partial charge is 0.459 e. The molecule has 4 nitrogen and oxygen atoms in total. The average molecular weight is 225 g/mol. The van der Waals surface area contributed by atoms with Gasteiger partial charge in [0, 0.05) is 6.61 Å². The Morgan fingerprint density at radius 2 is 2.19 bits per heavy atom. The minimum atomic E-state index is -0.667. The van der Waals surface area contributed by atoms with Crippen LogP contribution in [0.25, 0.3) is 0 Å². The van der Waals surface area contributed by atoms with E-state index in [9.17, 15) is 4.79 Å². The van der Waals surface area contributed by atoms with Crippen molar-refractivity contribution in [2.75, 3.05) is 13.2 Å². The van der Waals surface area contributed by atoms with E-state index in [-0.39, 0.29) is 18.3 Å². The lowest BCUT2D eigenvalue weighted by atomic mass is 10.3. The van der Waals surface area contributed by atoms with Gasteiger partial charge in [0.05, 0.1) is 6.10 Å². The standard InChI is InChI=1S/C12H19NO3/c1-4-6-7-15-11(5-2)9-16-12(14)10(3)8-13/h11H,3-7,9H2,1-2H3. The molecule has 0 spiro atoms. The Bertz CT molecular complexity index is 268. The van der Waals surface area contributed by atoms with Gasteiger partial charge in [0.2, 0.25) is 0 Å². The summed E-state index contributed by atoms with van der Waals surface area (Å²) in [6.07, 6.45) is 2.74. The van der Waals surface area contributed by atoms with E-state index in [1.165, 1.54) is 0 Å². The molecule has 1 unspecified atom stereocenters. The van der Waals surface area contributed by atoms with E-state index in [2.05, 4.69) is 13.5 Å². The highest BCUT2D eigenvalue weighted by atomic mass is 16.6. The summed E-state index contributed by atoms with van der Waals surface area (Å²) in [6.45, 7) is 8.17. The lowest BCUT2D eigenvalue weighted by Gasteiger charge is -2.15. The summed E-state index contributed by atoms with van der Waals surface area (Å²) in [4.78, 5) is 11.1. The molecule has 90 valence electrons. The third-order valence-electron chi connectivity index (χ3n) is 2.09. The fraction of sp³-hybridized carbons (Fsp3) is 0.667. The third kappa shape index (κ3) is 6.20. The number of hydrogen-bond acceptors (Lipinski definition) is 4. The van der Waals surface area contributed by atoms with Crippen LogP contribution in [-0.4, -0.2) is 25.3 Å². The van der Waals surface area contributed by atoms with Crippen LogP contribution in [0.15, 0.2) is 12.2 Å². The second-order valence-electron chi connectivity index (χ2n) is 3.44. The molecule has 0 aliphatic rings. The number of nitriles is 1. The van der Waals surface area contributed by atoms with Crippen molar-refractivity contribution in [3.63, 3.8) is 0 Å². The number of carbonyl (C=O) groups excluding carboxylic acids is 1. The zero-order valence-corrected chi connectivity index (χ0v) is 9.99. The molecular weight excluding hydrogens is 206 g/mol. The first kappa shape index (κ1) is 14.7. The number of ether oxygens (including phenoxy) is 2. The van der Waals surface area contributed by atoms with Crippen LogP contribution < -0.4 is 0 Å². The normalized spacial score (nSPS) is 11.6. The monoisotopic (exact) mass is 225 g/mol. The van der Waals surface area contributed by atoms with Crippen molar-refractivity contribution in [1.29, 1.82) is 5.26 Å². The second kappa shape index (κ2) is 8.93. The molecule has 0 aliphatic carbocycles. The Kier molecular flexibility index (Phi) is 8.18. The number of rotatable bonds is 8. The number of carbonyl (C=O) groups is 1. The Balaban J connectivity index is 3.83. The zero-order chi connectivity index (χ0) is 12.4. The Morgan fingerprint density at radius 3 is 2.69 bits per heavy atom. The van der Waals surface area contributed by atoms with Gasteiger partial charge in [-0.15, -0.1) is 0 Å². The lowest BCUT2D eigenvalue weighted by molar-refractivity contribution is -0.142. The van der Waals surface area contributed by atoms with Crippen molar-refractivity contribution in [2.45, 2.75) is 39.2 Å². The first-order valence-electron chi connectivity index (χ1n) is 5.53. The van der Waals surface area contributed by atoms with Crippen LogP contribution in [0, 0.1) is 11.3 Å². The first-order chi connectivity index (χ1) is 7.65. The van der Waals surface area contributed by atoms with Crippen LogP contribution in [0.2, 0.25) is 0 Å². The molecule has 0 aromatic rings. The molecule has 0 aromatic heterocycles. The molecule has 0 amide bonds. The molecule has 0 heterocycles. The smallest absolute Gasteiger partial charge is 0.348 e. The molecule has 1 atom stereocenters. The van der Waals surface area contributed by atoms with Crippen LogP contribution in [0.5, 0.6) is 0 Å². The molecule has 0 bridgehead atoms. The van der Waals surface area contributed by atoms with Gasteiger partial charge in [-0.3, -0.25) is 0 Å². The van der Waals surface area contributed by atoms with E-state index in [1.807, 2.05) is 6.92 Å². The second-order valence-corrected chi connectivity index (χ2v) is 3.44. The molecule has 0 radical (unpaired) electrons. The van der Waals surface area contributed by atoms with Gasteiger partial charge >= 0.3 is 5.97 Å². The number of unbranched alkanes of at least 4 members (excludes halogenated alkanes) is 1. The molecule has 0 saturated carbocycles. The maximum absolute atomic E-state index is 11.1. The molecule has 4 heteroatoms. The number of nitrogens with zero attached hydrogens (tertiary/aromatic N) is 1. The topological polar surface area (TPSA) is 59.3 Å². The molecule has 16 heavy (non-hydrogen) atoms. The predicted octanol–water partition coefficient (Wildman–Crippen LogP) is 2.20.